The molecule has 0 aliphatic carbocycles. The number of hydrogen-bond donors (Lipinski definition) is 1. The second-order valence-electron chi connectivity index (χ2n) is 5.69. The fourth-order valence-corrected chi connectivity index (χ4v) is 1.53. The highest BCUT2D eigenvalue weighted by molar-refractivity contribution is 4.70. The van der Waals surface area contributed by atoms with Crippen LogP contribution in [-0.4, -0.2) is 37.1 Å². The quantitative estimate of drug-likeness (QED) is 0.662. The first-order valence-electron chi connectivity index (χ1n) is 5.75. The predicted octanol–water partition coefficient (Wildman–Crippen LogP) is 2.35. The maximum absolute atomic E-state index is 3.50. The van der Waals surface area contributed by atoms with E-state index < -0.39 is 0 Å². The summed E-state index contributed by atoms with van der Waals surface area (Å²) in [4.78, 5) is 2.41. The average molecular weight is 200 g/mol. The first kappa shape index (κ1) is 13.9. The number of nitrogens with zero attached hydrogens (tertiary/aromatic N) is 1. The molecule has 0 amide bonds. The molecule has 0 aliphatic heterocycles. The van der Waals surface area contributed by atoms with E-state index in [4.69, 9.17) is 0 Å². The summed E-state index contributed by atoms with van der Waals surface area (Å²) in [6.45, 7) is 14.7. The van der Waals surface area contributed by atoms with Gasteiger partial charge in [0, 0.05) is 12.1 Å². The summed E-state index contributed by atoms with van der Waals surface area (Å²) in [5, 5.41) is 3.50. The molecule has 1 N–H and O–H groups in total. The molecule has 0 spiro atoms. The van der Waals surface area contributed by atoms with E-state index in [0.29, 0.717) is 0 Å². The van der Waals surface area contributed by atoms with Crippen molar-refractivity contribution in [1.82, 2.24) is 10.2 Å². The number of rotatable bonds is 6. The Kier molecular flexibility index (Phi) is 6.38. The van der Waals surface area contributed by atoms with Gasteiger partial charge in [-0.15, -0.1) is 0 Å². The standard InChI is InChI=1S/C12H28N2/c1-11(2)10-14(6)9-7-8-13-12(3,4)5/h11,13H,7-10H2,1-6H3. The Morgan fingerprint density at radius 1 is 1.21 bits per heavy atom. The van der Waals surface area contributed by atoms with Crippen molar-refractivity contribution in [2.24, 2.45) is 5.92 Å². The predicted molar refractivity (Wildman–Crippen MR) is 64.7 cm³/mol. The summed E-state index contributed by atoms with van der Waals surface area (Å²) < 4.78 is 0. The highest BCUT2D eigenvalue weighted by Crippen LogP contribution is 1.99. The lowest BCUT2D eigenvalue weighted by Crippen LogP contribution is -2.37. The van der Waals surface area contributed by atoms with Crippen molar-refractivity contribution in [1.29, 1.82) is 0 Å². The van der Waals surface area contributed by atoms with Crippen LogP contribution in [0.15, 0.2) is 0 Å². The van der Waals surface area contributed by atoms with E-state index in [1.54, 1.807) is 0 Å². The Hall–Kier alpha value is -0.0800. The third-order valence-electron chi connectivity index (χ3n) is 2.05. The van der Waals surface area contributed by atoms with Crippen molar-refractivity contribution in [3.05, 3.63) is 0 Å². The van der Waals surface area contributed by atoms with Crippen molar-refractivity contribution in [3.8, 4) is 0 Å². The topological polar surface area (TPSA) is 15.3 Å². The monoisotopic (exact) mass is 200 g/mol. The third-order valence-corrected chi connectivity index (χ3v) is 2.05. The van der Waals surface area contributed by atoms with Crippen LogP contribution in [-0.2, 0) is 0 Å². The van der Waals surface area contributed by atoms with Crippen LogP contribution in [0.5, 0.6) is 0 Å². The Morgan fingerprint density at radius 3 is 2.21 bits per heavy atom. The summed E-state index contributed by atoms with van der Waals surface area (Å²) in [5.41, 5.74) is 0.261. The fraction of sp³-hybridized carbons (Fsp3) is 1.00. The fourth-order valence-electron chi connectivity index (χ4n) is 1.53. The van der Waals surface area contributed by atoms with Crippen molar-refractivity contribution < 1.29 is 0 Å². The van der Waals surface area contributed by atoms with Crippen molar-refractivity contribution >= 4 is 0 Å². The molecule has 0 radical (unpaired) electrons. The molecule has 2 nitrogen and oxygen atoms in total. The lowest BCUT2D eigenvalue weighted by Gasteiger charge is -2.23. The van der Waals surface area contributed by atoms with Crippen LogP contribution in [0, 0.1) is 5.92 Å². The molecule has 0 bridgehead atoms. The maximum atomic E-state index is 3.50. The van der Waals surface area contributed by atoms with Gasteiger partial charge in [0.25, 0.3) is 0 Å². The molecule has 0 aliphatic rings. The van der Waals surface area contributed by atoms with Crippen molar-refractivity contribution in [3.63, 3.8) is 0 Å². The zero-order chi connectivity index (χ0) is 11.2. The first-order chi connectivity index (χ1) is 6.31. The van der Waals surface area contributed by atoms with E-state index in [1.807, 2.05) is 0 Å². The van der Waals surface area contributed by atoms with Crippen LogP contribution >= 0.6 is 0 Å². The highest BCUT2D eigenvalue weighted by atomic mass is 15.1. The van der Waals surface area contributed by atoms with E-state index >= 15 is 0 Å². The Balaban J connectivity index is 3.36. The van der Waals surface area contributed by atoms with Crippen molar-refractivity contribution in [2.75, 3.05) is 26.7 Å². The summed E-state index contributed by atoms with van der Waals surface area (Å²) >= 11 is 0. The third kappa shape index (κ3) is 10.0. The van der Waals surface area contributed by atoms with E-state index in [2.05, 4.69) is 51.9 Å². The second kappa shape index (κ2) is 6.41. The molecular weight excluding hydrogens is 172 g/mol. The van der Waals surface area contributed by atoms with Crippen LogP contribution in [0.2, 0.25) is 0 Å². The Morgan fingerprint density at radius 2 is 1.79 bits per heavy atom. The lowest BCUT2D eigenvalue weighted by molar-refractivity contribution is 0.285. The SMILES string of the molecule is CC(C)CN(C)CCCNC(C)(C)C. The molecule has 0 aromatic heterocycles. The smallest absolute Gasteiger partial charge is 0.00965 e. The van der Waals surface area contributed by atoms with Crippen LogP contribution in [0.3, 0.4) is 0 Å². The normalized spacial score (nSPS) is 12.9. The molecule has 0 atom stereocenters. The molecule has 0 unspecified atom stereocenters. The molecule has 0 fully saturated rings. The van der Waals surface area contributed by atoms with Gasteiger partial charge in [0.15, 0.2) is 0 Å². The summed E-state index contributed by atoms with van der Waals surface area (Å²) in [6.07, 6.45) is 1.24. The van der Waals surface area contributed by atoms with Gasteiger partial charge in [-0.3, -0.25) is 0 Å². The molecule has 14 heavy (non-hydrogen) atoms. The van der Waals surface area contributed by atoms with Crippen LogP contribution in [0.1, 0.15) is 41.0 Å². The molecule has 0 aromatic carbocycles. The molecule has 2 heteroatoms. The van der Waals surface area contributed by atoms with Gasteiger partial charge in [-0.25, -0.2) is 0 Å². The average Bonchev–Trinajstić information content (AvgIpc) is 1.95. The zero-order valence-corrected chi connectivity index (χ0v) is 10.9. The molecular formula is C12H28N2. The molecule has 0 rings (SSSR count). The molecule has 0 aromatic rings. The van der Waals surface area contributed by atoms with E-state index in [-0.39, 0.29) is 5.54 Å². The minimum Gasteiger partial charge on any atom is -0.312 e. The Bertz CT molecular complexity index is 136. The van der Waals surface area contributed by atoms with Crippen molar-refractivity contribution in [2.45, 2.75) is 46.6 Å². The van der Waals surface area contributed by atoms with E-state index in [9.17, 15) is 0 Å². The van der Waals surface area contributed by atoms with Gasteiger partial charge in [-0.1, -0.05) is 13.8 Å². The lowest BCUT2D eigenvalue weighted by atomic mass is 10.1. The number of nitrogens with one attached hydrogen (secondary N) is 1. The Labute approximate surface area is 90.1 Å². The van der Waals surface area contributed by atoms with Gasteiger partial charge < -0.3 is 10.2 Å². The molecule has 0 heterocycles. The largest absolute Gasteiger partial charge is 0.312 e. The van der Waals surface area contributed by atoms with Crippen LogP contribution in [0.25, 0.3) is 0 Å². The summed E-state index contributed by atoms with van der Waals surface area (Å²) in [5.74, 6) is 0.774. The number of hydrogen-bond acceptors (Lipinski definition) is 2. The minimum atomic E-state index is 0.261. The molecule has 0 saturated carbocycles. The maximum Gasteiger partial charge on any atom is 0.00965 e. The van der Waals surface area contributed by atoms with Gasteiger partial charge in [0.2, 0.25) is 0 Å². The van der Waals surface area contributed by atoms with Gasteiger partial charge >= 0.3 is 0 Å². The first-order valence-corrected chi connectivity index (χ1v) is 5.75. The molecule has 0 saturated heterocycles. The second-order valence-corrected chi connectivity index (χ2v) is 5.69. The molecule has 86 valence electrons. The summed E-state index contributed by atoms with van der Waals surface area (Å²) in [7, 11) is 2.21. The van der Waals surface area contributed by atoms with Gasteiger partial charge in [-0.2, -0.15) is 0 Å². The van der Waals surface area contributed by atoms with Gasteiger partial charge in [0.05, 0.1) is 0 Å². The summed E-state index contributed by atoms with van der Waals surface area (Å²) in [6, 6.07) is 0. The zero-order valence-electron chi connectivity index (χ0n) is 10.9. The van der Waals surface area contributed by atoms with E-state index in [1.165, 1.54) is 19.5 Å². The minimum absolute atomic E-state index is 0.261. The van der Waals surface area contributed by atoms with Crippen LogP contribution < -0.4 is 5.32 Å². The van der Waals surface area contributed by atoms with E-state index in [0.717, 1.165) is 12.5 Å². The van der Waals surface area contributed by atoms with Gasteiger partial charge in [0.1, 0.15) is 0 Å². The van der Waals surface area contributed by atoms with Gasteiger partial charge in [-0.05, 0) is 53.2 Å². The highest BCUT2D eigenvalue weighted by Gasteiger charge is 2.07. The van der Waals surface area contributed by atoms with Crippen LogP contribution in [0.4, 0.5) is 0 Å².